The molecule has 0 spiro atoms. The van der Waals surface area contributed by atoms with E-state index < -0.39 is 17.8 Å². The maximum Gasteiger partial charge on any atom is 0.307 e. The number of hydrogen-bond acceptors (Lipinski definition) is 3. The maximum atomic E-state index is 11.1. The zero-order chi connectivity index (χ0) is 9.14. The Morgan fingerprint density at radius 1 is 1.75 bits per heavy atom. The molecular formula is C8H12O4. The Kier molecular flexibility index (Phi) is 2.81. The lowest BCUT2D eigenvalue weighted by molar-refractivity contribution is -0.145. The summed E-state index contributed by atoms with van der Waals surface area (Å²) in [6.07, 6.45) is 0.840. The van der Waals surface area contributed by atoms with E-state index in [2.05, 4.69) is 0 Å². The standard InChI is InChI=1S/C8H12O4/c1-12-4-6-5(8(10)11)2-3-7(6)9/h5-6H,2-4H2,1H3,(H,10,11). The summed E-state index contributed by atoms with van der Waals surface area (Å²) >= 11 is 0. The van der Waals surface area contributed by atoms with Crippen LogP contribution in [0.4, 0.5) is 0 Å². The van der Waals surface area contributed by atoms with Gasteiger partial charge in [-0.2, -0.15) is 0 Å². The number of Topliss-reactive ketones (excluding diaryl/α,β-unsaturated/α-hetero) is 1. The van der Waals surface area contributed by atoms with E-state index in [4.69, 9.17) is 9.84 Å². The van der Waals surface area contributed by atoms with E-state index in [1.54, 1.807) is 0 Å². The van der Waals surface area contributed by atoms with Crippen LogP contribution >= 0.6 is 0 Å². The Hall–Kier alpha value is -0.900. The Labute approximate surface area is 70.5 Å². The van der Waals surface area contributed by atoms with Crippen LogP contribution in [-0.2, 0) is 14.3 Å². The molecule has 68 valence electrons. The number of methoxy groups -OCH3 is 1. The molecule has 1 aliphatic rings. The van der Waals surface area contributed by atoms with Gasteiger partial charge in [0.2, 0.25) is 0 Å². The molecule has 0 aliphatic heterocycles. The number of rotatable bonds is 3. The molecule has 1 N–H and O–H groups in total. The third-order valence-corrected chi connectivity index (χ3v) is 2.26. The van der Waals surface area contributed by atoms with Gasteiger partial charge >= 0.3 is 5.97 Å². The zero-order valence-electron chi connectivity index (χ0n) is 6.95. The van der Waals surface area contributed by atoms with Crippen molar-refractivity contribution in [2.75, 3.05) is 13.7 Å². The molecule has 0 heterocycles. The van der Waals surface area contributed by atoms with Gasteiger partial charge in [0.25, 0.3) is 0 Å². The average Bonchev–Trinajstić information content (AvgIpc) is 2.34. The van der Waals surface area contributed by atoms with Crippen LogP contribution in [0.5, 0.6) is 0 Å². The fourth-order valence-electron chi connectivity index (χ4n) is 1.59. The van der Waals surface area contributed by atoms with Crippen LogP contribution in [0.1, 0.15) is 12.8 Å². The van der Waals surface area contributed by atoms with Gasteiger partial charge in [0, 0.05) is 13.5 Å². The molecule has 1 fully saturated rings. The van der Waals surface area contributed by atoms with Gasteiger partial charge in [0.1, 0.15) is 5.78 Å². The van der Waals surface area contributed by atoms with E-state index in [0.717, 1.165) is 0 Å². The highest BCUT2D eigenvalue weighted by atomic mass is 16.5. The molecular weight excluding hydrogens is 160 g/mol. The minimum atomic E-state index is -0.886. The largest absolute Gasteiger partial charge is 0.481 e. The van der Waals surface area contributed by atoms with Crippen LogP contribution in [0, 0.1) is 11.8 Å². The fourth-order valence-corrected chi connectivity index (χ4v) is 1.59. The Morgan fingerprint density at radius 2 is 2.42 bits per heavy atom. The second-order valence-corrected chi connectivity index (χ2v) is 3.01. The van der Waals surface area contributed by atoms with Crippen LogP contribution in [0.15, 0.2) is 0 Å². The van der Waals surface area contributed by atoms with Crippen LogP contribution in [0.2, 0.25) is 0 Å². The van der Waals surface area contributed by atoms with Gasteiger partial charge in [-0.3, -0.25) is 9.59 Å². The van der Waals surface area contributed by atoms with Gasteiger partial charge in [-0.15, -0.1) is 0 Å². The summed E-state index contributed by atoms with van der Waals surface area (Å²) in [4.78, 5) is 21.8. The molecule has 0 aromatic carbocycles. The summed E-state index contributed by atoms with van der Waals surface area (Å²) in [6, 6.07) is 0. The molecule has 0 radical (unpaired) electrons. The number of carbonyl (C=O) groups is 2. The van der Waals surface area contributed by atoms with Crippen LogP contribution in [-0.4, -0.2) is 30.6 Å². The molecule has 0 aromatic heterocycles. The minimum absolute atomic E-state index is 0.0178. The highest BCUT2D eigenvalue weighted by Crippen LogP contribution is 2.28. The first kappa shape index (κ1) is 9.19. The lowest BCUT2D eigenvalue weighted by atomic mass is 9.97. The first-order chi connectivity index (χ1) is 5.66. The summed E-state index contributed by atoms with van der Waals surface area (Å²) in [6.45, 7) is 0.232. The van der Waals surface area contributed by atoms with Crippen molar-refractivity contribution in [3.8, 4) is 0 Å². The second kappa shape index (κ2) is 3.67. The van der Waals surface area contributed by atoms with Gasteiger partial charge in [-0.1, -0.05) is 0 Å². The van der Waals surface area contributed by atoms with Crippen molar-refractivity contribution in [1.82, 2.24) is 0 Å². The maximum absolute atomic E-state index is 11.1. The molecule has 4 nitrogen and oxygen atoms in total. The van der Waals surface area contributed by atoms with E-state index >= 15 is 0 Å². The molecule has 0 saturated heterocycles. The van der Waals surface area contributed by atoms with Crippen molar-refractivity contribution >= 4 is 11.8 Å². The molecule has 4 heteroatoms. The van der Waals surface area contributed by atoms with Crippen LogP contribution in [0.25, 0.3) is 0 Å². The number of aliphatic carboxylic acids is 1. The summed E-state index contributed by atoms with van der Waals surface area (Å²) in [5.74, 6) is -1.82. The summed E-state index contributed by atoms with van der Waals surface area (Å²) in [5, 5.41) is 8.72. The van der Waals surface area contributed by atoms with Gasteiger partial charge in [0.05, 0.1) is 18.4 Å². The number of carbonyl (C=O) groups excluding carboxylic acids is 1. The first-order valence-electron chi connectivity index (χ1n) is 3.91. The fraction of sp³-hybridized carbons (Fsp3) is 0.750. The number of carboxylic acids is 1. The molecule has 0 bridgehead atoms. The lowest BCUT2D eigenvalue weighted by Gasteiger charge is -2.12. The van der Waals surface area contributed by atoms with Crippen LogP contribution < -0.4 is 0 Å². The minimum Gasteiger partial charge on any atom is -0.481 e. The van der Waals surface area contributed by atoms with Gasteiger partial charge < -0.3 is 9.84 Å². The van der Waals surface area contributed by atoms with E-state index in [1.165, 1.54) is 7.11 Å². The van der Waals surface area contributed by atoms with Crippen LogP contribution in [0.3, 0.4) is 0 Å². The summed E-state index contributed by atoms with van der Waals surface area (Å²) in [7, 11) is 1.48. The van der Waals surface area contributed by atoms with Crippen molar-refractivity contribution in [2.45, 2.75) is 12.8 Å². The third kappa shape index (κ3) is 1.64. The van der Waals surface area contributed by atoms with E-state index in [-0.39, 0.29) is 12.4 Å². The van der Waals surface area contributed by atoms with Crippen molar-refractivity contribution in [3.05, 3.63) is 0 Å². The highest BCUT2D eigenvalue weighted by molar-refractivity contribution is 5.89. The van der Waals surface area contributed by atoms with E-state index in [0.29, 0.717) is 12.8 Å². The predicted molar refractivity (Wildman–Crippen MR) is 40.7 cm³/mol. The smallest absolute Gasteiger partial charge is 0.307 e. The number of ketones is 1. The number of hydrogen-bond donors (Lipinski definition) is 1. The van der Waals surface area contributed by atoms with Gasteiger partial charge in [-0.25, -0.2) is 0 Å². The zero-order valence-corrected chi connectivity index (χ0v) is 6.95. The molecule has 1 rings (SSSR count). The average molecular weight is 172 g/mol. The Bertz CT molecular complexity index is 199. The highest BCUT2D eigenvalue weighted by Gasteiger charge is 2.38. The molecule has 0 amide bonds. The Morgan fingerprint density at radius 3 is 2.92 bits per heavy atom. The monoisotopic (exact) mass is 172 g/mol. The third-order valence-electron chi connectivity index (χ3n) is 2.26. The SMILES string of the molecule is COCC1C(=O)CCC1C(=O)O. The van der Waals surface area contributed by atoms with E-state index in [9.17, 15) is 9.59 Å². The summed E-state index contributed by atoms with van der Waals surface area (Å²) in [5.41, 5.74) is 0. The van der Waals surface area contributed by atoms with Crippen molar-refractivity contribution < 1.29 is 19.4 Å². The predicted octanol–water partition coefficient (Wildman–Crippen LogP) is 0.313. The first-order valence-corrected chi connectivity index (χ1v) is 3.91. The summed E-state index contributed by atoms with van der Waals surface area (Å²) < 4.78 is 4.79. The molecule has 2 unspecified atom stereocenters. The number of ether oxygens (including phenoxy) is 1. The normalized spacial score (nSPS) is 29.2. The lowest BCUT2D eigenvalue weighted by Crippen LogP contribution is -2.25. The van der Waals surface area contributed by atoms with Gasteiger partial charge in [-0.05, 0) is 6.42 Å². The Balaban J connectivity index is 2.63. The molecule has 1 aliphatic carbocycles. The molecule has 0 aromatic rings. The molecule has 2 atom stereocenters. The number of carboxylic acid groups (broad SMARTS) is 1. The molecule has 1 saturated carbocycles. The van der Waals surface area contributed by atoms with E-state index in [1.807, 2.05) is 0 Å². The second-order valence-electron chi connectivity index (χ2n) is 3.01. The molecule has 12 heavy (non-hydrogen) atoms. The quantitative estimate of drug-likeness (QED) is 0.665. The van der Waals surface area contributed by atoms with Crippen molar-refractivity contribution in [1.29, 1.82) is 0 Å². The topological polar surface area (TPSA) is 63.6 Å². The van der Waals surface area contributed by atoms with Gasteiger partial charge in [0.15, 0.2) is 0 Å². The van der Waals surface area contributed by atoms with Crippen molar-refractivity contribution in [3.63, 3.8) is 0 Å². The van der Waals surface area contributed by atoms with Crippen molar-refractivity contribution in [2.24, 2.45) is 11.8 Å².